The third-order valence-electron chi connectivity index (χ3n) is 8.38. The SMILES string of the molecule is COc1nc2c(OCc3c(Cl)ccc(N(C)C(=O)CNC(=O)CN4CCOC(C(=O)NC5CC5)C4)c3Cl)cccc2n1Cc1ccccn1. The van der Waals surface area contributed by atoms with Crippen LogP contribution in [0.3, 0.4) is 0 Å². The summed E-state index contributed by atoms with van der Waals surface area (Å²) < 4.78 is 19.3. The monoisotopic (exact) mass is 709 g/mol. The molecule has 2 fully saturated rings. The summed E-state index contributed by atoms with van der Waals surface area (Å²) in [4.78, 5) is 50.5. The van der Waals surface area contributed by atoms with Crippen molar-refractivity contribution in [3.63, 3.8) is 0 Å². The van der Waals surface area contributed by atoms with Gasteiger partial charge in [0, 0.05) is 43.0 Å². The van der Waals surface area contributed by atoms with Gasteiger partial charge in [-0.05, 0) is 49.2 Å². The number of benzene rings is 2. The number of fused-ring (bicyclic) bond motifs is 1. The molecule has 1 unspecified atom stereocenters. The molecule has 3 amide bonds. The minimum absolute atomic E-state index is 0.00196. The van der Waals surface area contributed by atoms with Gasteiger partial charge in [-0.2, -0.15) is 4.98 Å². The van der Waals surface area contributed by atoms with Crippen molar-refractivity contribution >= 4 is 57.6 Å². The molecule has 1 saturated heterocycles. The Morgan fingerprint density at radius 2 is 1.94 bits per heavy atom. The van der Waals surface area contributed by atoms with Crippen molar-refractivity contribution in [3.8, 4) is 11.8 Å². The number of carbonyl (C=O) groups excluding carboxylic acids is 3. The average molecular weight is 711 g/mol. The van der Waals surface area contributed by atoms with E-state index < -0.39 is 6.10 Å². The molecule has 0 spiro atoms. The van der Waals surface area contributed by atoms with E-state index in [1.54, 1.807) is 38.6 Å². The van der Waals surface area contributed by atoms with Crippen LogP contribution in [-0.4, -0.2) is 96.2 Å². The Balaban J connectivity index is 1.07. The summed E-state index contributed by atoms with van der Waals surface area (Å²) in [6.07, 6.45) is 3.08. The molecule has 3 heterocycles. The molecule has 4 aromatic rings. The number of amides is 3. The molecule has 15 heteroatoms. The lowest BCUT2D eigenvalue weighted by molar-refractivity contribution is -0.140. The zero-order chi connectivity index (χ0) is 34.5. The number of hydrogen-bond donors (Lipinski definition) is 2. The topological polar surface area (TPSA) is 140 Å². The molecule has 1 atom stereocenters. The first kappa shape index (κ1) is 34.4. The predicted octanol–water partition coefficient (Wildman–Crippen LogP) is 3.43. The van der Waals surface area contributed by atoms with Gasteiger partial charge in [-0.1, -0.05) is 35.3 Å². The van der Waals surface area contributed by atoms with Crippen LogP contribution >= 0.6 is 23.2 Å². The first-order valence-electron chi connectivity index (χ1n) is 15.9. The Morgan fingerprint density at radius 3 is 2.69 bits per heavy atom. The number of nitrogens with one attached hydrogen (secondary N) is 2. The van der Waals surface area contributed by atoms with Crippen LogP contribution in [0.5, 0.6) is 11.8 Å². The van der Waals surface area contributed by atoms with Crippen LogP contribution in [0.2, 0.25) is 10.0 Å². The van der Waals surface area contributed by atoms with Crippen molar-refractivity contribution in [2.24, 2.45) is 0 Å². The highest BCUT2D eigenvalue weighted by Gasteiger charge is 2.32. The molecule has 0 radical (unpaired) electrons. The fourth-order valence-corrected chi connectivity index (χ4v) is 6.12. The Morgan fingerprint density at radius 1 is 1.10 bits per heavy atom. The number of pyridine rings is 1. The quantitative estimate of drug-likeness (QED) is 0.214. The van der Waals surface area contributed by atoms with E-state index >= 15 is 0 Å². The molecule has 49 heavy (non-hydrogen) atoms. The van der Waals surface area contributed by atoms with Gasteiger partial charge in [-0.25, -0.2) is 0 Å². The van der Waals surface area contributed by atoms with Crippen molar-refractivity contribution in [2.45, 2.75) is 38.1 Å². The molecule has 2 N–H and O–H groups in total. The van der Waals surface area contributed by atoms with E-state index in [1.165, 1.54) is 4.90 Å². The number of morpholine rings is 1. The molecule has 1 saturated carbocycles. The molecule has 0 bridgehead atoms. The van der Waals surface area contributed by atoms with Crippen LogP contribution in [0.4, 0.5) is 5.69 Å². The predicted molar refractivity (Wildman–Crippen MR) is 184 cm³/mol. The maximum atomic E-state index is 13.1. The lowest BCUT2D eigenvalue weighted by atomic mass is 10.2. The Kier molecular flexibility index (Phi) is 10.8. The molecular weight excluding hydrogens is 673 g/mol. The van der Waals surface area contributed by atoms with Crippen LogP contribution in [0.25, 0.3) is 11.0 Å². The third kappa shape index (κ3) is 8.24. The zero-order valence-corrected chi connectivity index (χ0v) is 28.7. The largest absolute Gasteiger partial charge is 0.486 e. The maximum absolute atomic E-state index is 13.1. The number of rotatable bonds is 13. The highest BCUT2D eigenvalue weighted by Crippen LogP contribution is 2.36. The fourth-order valence-electron chi connectivity index (χ4n) is 5.52. The number of methoxy groups -OCH3 is 1. The normalized spacial score (nSPS) is 16.3. The first-order valence-corrected chi connectivity index (χ1v) is 16.7. The van der Waals surface area contributed by atoms with Crippen molar-refractivity contribution in [1.82, 2.24) is 30.1 Å². The van der Waals surface area contributed by atoms with E-state index in [0.29, 0.717) is 59.8 Å². The van der Waals surface area contributed by atoms with Gasteiger partial charge in [0.25, 0.3) is 11.9 Å². The molecule has 6 rings (SSSR count). The number of carbonyl (C=O) groups is 3. The summed E-state index contributed by atoms with van der Waals surface area (Å²) in [5.74, 6) is -0.382. The van der Waals surface area contributed by atoms with Crippen LogP contribution in [-0.2, 0) is 32.3 Å². The minimum atomic E-state index is -0.620. The maximum Gasteiger partial charge on any atom is 0.297 e. The number of aromatic nitrogens is 3. The van der Waals surface area contributed by atoms with Gasteiger partial charge in [0.15, 0.2) is 0 Å². The number of imidazole rings is 1. The Bertz CT molecular complexity index is 1830. The van der Waals surface area contributed by atoms with Gasteiger partial charge in [0.1, 0.15) is 24.0 Å². The number of hydrogen-bond acceptors (Lipinski definition) is 9. The molecular formula is C34H37Cl2N7O6. The Hall–Kier alpha value is -4.43. The number of ether oxygens (including phenoxy) is 3. The summed E-state index contributed by atoms with van der Waals surface area (Å²) in [5.41, 5.74) is 3.12. The lowest BCUT2D eigenvalue weighted by Gasteiger charge is -2.31. The molecule has 1 aliphatic carbocycles. The number of para-hydroxylation sites is 1. The second-order valence-corrected chi connectivity index (χ2v) is 12.7. The zero-order valence-electron chi connectivity index (χ0n) is 27.2. The van der Waals surface area contributed by atoms with Crippen LogP contribution < -0.4 is 25.0 Å². The molecule has 2 aliphatic rings. The second kappa shape index (κ2) is 15.4. The average Bonchev–Trinajstić information content (AvgIpc) is 3.86. The summed E-state index contributed by atoms with van der Waals surface area (Å²) in [6, 6.07) is 15.2. The van der Waals surface area contributed by atoms with Crippen LogP contribution in [0, 0.1) is 0 Å². The van der Waals surface area contributed by atoms with Gasteiger partial charge in [-0.15, -0.1) is 0 Å². The van der Waals surface area contributed by atoms with Crippen LogP contribution in [0.1, 0.15) is 24.1 Å². The van der Waals surface area contributed by atoms with Crippen molar-refractivity contribution in [2.75, 3.05) is 51.8 Å². The van der Waals surface area contributed by atoms with E-state index in [2.05, 4.69) is 20.6 Å². The summed E-state index contributed by atoms with van der Waals surface area (Å²) in [5, 5.41) is 6.21. The van der Waals surface area contributed by atoms with E-state index in [4.69, 9.17) is 37.4 Å². The minimum Gasteiger partial charge on any atom is -0.486 e. The second-order valence-electron chi connectivity index (χ2n) is 11.9. The Labute approximate surface area is 293 Å². The molecule has 2 aromatic carbocycles. The number of halogens is 2. The van der Waals surface area contributed by atoms with Gasteiger partial charge in [-0.3, -0.25) is 28.8 Å². The molecule has 258 valence electrons. The highest BCUT2D eigenvalue weighted by molar-refractivity contribution is 6.38. The van der Waals surface area contributed by atoms with E-state index in [1.807, 2.05) is 39.8 Å². The lowest BCUT2D eigenvalue weighted by Crippen LogP contribution is -2.52. The number of likely N-dealkylation sites (N-methyl/N-ethyl adjacent to an activating group) is 1. The van der Waals surface area contributed by atoms with Crippen molar-refractivity contribution in [3.05, 3.63) is 76.0 Å². The third-order valence-corrected chi connectivity index (χ3v) is 9.16. The van der Waals surface area contributed by atoms with E-state index in [-0.39, 0.29) is 48.5 Å². The van der Waals surface area contributed by atoms with E-state index in [0.717, 1.165) is 24.1 Å². The smallest absolute Gasteiger partial charge is 0.297 e. The summed E-state index contributed by atoms with van der Waals surface area (Å²) in [7, 11) is 3.13. The van der Waals surface area contributed by atoms with Crippen LogP contribution in [0.15, 0.2) is 54.7 Å². The fraction of sp³-hybridized carbons (Fsp3) is 0.382. The van der Waals surface area contributed by atoms with E-state index in [9.17, 15) is 14.4 Å². The van der Waals surface area contributed by atoms with Gasteiger partial charge in [0.05, 0.1) is 55.3 Å². The molecule has 13 nitrogen and oxygen atoms in total. The van der Waals surface area contributed by atoms with Gasteiger partial charge in [0.2, 0.25) is 11.8 Å². The van der Waals surface area contributed by atoms with Gasteiger partial charge >= 0.3 is 0 Å². The first-order chi connectivity index (χ1) is 23.7. The van der Waals surface area contributed by atoms with Crippen molar-refractivity contribution in [1.29, 1.82) is 0 Å². The molecule has 1 aliphatic heterocycles. The van der Waals surface area contributed by atoms with Gasteiger partial charge < -0.3 is 29.7 Å². The number of anilines is 1. The summed E-state index contributed by atoms with van der Waals surface area (Å²) in [6.45, 7) is 1.40. The van der Waals surface area contributed by atoms with Crippen molar-refractivity contribution < 1.29 is 28.6 Å². The highest BCUT2D eigenvalue weighted by atomic mass is 35.5. The standard InChI is InChI=1S/C34H37Cl2N7O6/c1-41(30(45)16-38-29(44)19-42-14-15-48-28(18-42)33(46)39-21-9-10-21)25-12-11-24(35)23(31(25)36)20-49-27-8-5-7-26-32(27)40-34(47-2)43(26)17-22-6-3-4-13-37-22/h3-8,11-13,21,28H,9-10,14-20H2,1-2H3,(H,38,44)(H,39,46). The molecule has 2 aromatic heterocycles. The number of nitrogens with zero attached hydrogens (tertiary/aromatic N) is 5. The summed E-state index contributed by atoms with van der Waals surface area (Å²) >= 11 is 13.4.